The molecule has 1 aromatic heterocycles. The molecule has 0 aliphatic carbocycles. The molecule has 0 atom stereocenters. The normalized spacial score (nSPS) is 11.1. The van der Waals surface area contributed by atoms with Crippen LogP contribution in [0.25, 0.3) is 0 Å². The van der Waals surface area contributed by atoms with Crippen LogP contribution in [0.5, 0.6) is 5.75 Å². The molecular weight excluding hydrogens is 314 g/mol. The number of sulfonamides is 1. The highest BCUT2D eigenvalue weighted by atomic mass is 32.2. The van der Waals surface area contributed by atoms with Gasteiger partial charge in [0.05, 0.1) is 12.8 Å². The van der Waals surface area contributed by atoms with Crippen molar-refractivity contribution in [1.29, 1.82) is 0 Å². The van der Waals surface area contributed by atoms with Crippen LogP contribution in [0.2, 0.25) is 0 Å². The molecule has 112 valence electrons. The average molecular weight is 327 g/mol. The number of carboxylic acid groups (broad SMARTS) is 1. The van der Waals surface area contributed by atoms with E-state index in [1.54, 1.807) is 6.07 Å². The number of aryl methyl sites for hydroxylation is 1. The lowest BCUT2D eigenvalue weighted by molar-refractivity contribution is 0.0693. The zero-order chi connectivity index (χ0) is 15.6. The highest BCUT2D eigenvalue weighted by Gasteiger charge is 2.18. The van der Waals surface area contributed by atoms with E-state index in [0.29, 0.717) is 0 Å². The van der Waals surface area contributed by atoms with Gasteiger partial charge in [-0.1, -0.05) is 0 Å². The molecule has 0 saturated heterocycles. The topological polar surface area (TPSA) is 92.7 Å². The highest BCUT2D eigenvalue weighted by Crippen LogP contribution is 2.27. The van der Waals surface area contributed by atoms with Crippen molar-refractivity contribution < 1.29 is 23.1 Å². The van der Waals surface area contributed by atoms with Gasteiger partial charge < -0.3 is 9.84 Å². The fraction of sp³-hybridized carbons (Fsp3) is 0.154. The molecule has 0 bridgehead atoms. The second-order valence-electron chi connectivity index (χ2n) is 4.19. The Hall–Kier alpha value is -2.06. The fourth-order valence-corrected chi connectivity index (χ4v) is 4.03. The van der Waals surface area contributed by atoms with Gasteiger partial charge >= 0.3 is 5.97 Å². The smallest absolute Gasteiger partial charge is 0.339 e. The van der Waals surface area contributed by atoms with E-state index in [4.69, 9.17) is 9.84 Å². The van der Waals surface area contributed by atoms with Gasteiger partial charge in [-0.25, -0.2) is 13.2 Å². The number of aromatic carboxylic acids is 1. The van der Waals surface area contributed by atoms with Crippen LogP contribution in [0.3, 0.4) is 0 Å². The predicted molar refractivity (Wildman–Crippen MR) is 79.8 cm³/mol. The first-order valence-electron chi connectivity index (χ1n) is 5.84. The number of hydrogen-bond donors (Lipinski definition) is 2. The van der Waals surface area contributed by atoms with Gasteiger partial charge in [-0.15, -0.1) is 11.3 Å². The Kier molecular flexibility index (Phi) is 4.19. The van der Waals surface area contributed by atoms with Crippen molar-refractivity contribution in [3.63, 3.8) is 0 Å². The Labute approximate surface area is 126 Å². The SMILES string of the molecule is COc1cc(NS(=O)(=O)c2ccc(C)s2)ccc1C(=O)O. The van der Waals surface area contributed by atoms with Crippen LogP contribution < -0.4 is 9.46 Å². The minimum absolute atomic E-state index is 0.0348. The summed E-state index contributed by atoms with van der Waals surface area (Å²) in [5, 5.41) is 8.98. The first kappa shape index (κ1) is 15.3. The molecular formula is C13H13NO5S2. The first-order valence-corrected chi connectivity index (χ1v) is 8.14. The summed E-state index contributed by atoms with van der Waals surface area (Å²) in [5.41, 5.74) is 0.204. The van der Waals surface area contributed by atoms with Crippen molar-refractivity contribution in [2.24, 2.45) is 0 Å². The van der Waals surface area contributed by atoms with Gasteiger partial charge in [-0.3, -0.25) is 4.72 Å². The van der Waals surface area contributed by atoms with E-state index in [-0.39, 0.29) is 21.2 Å². The van der Waals surface area contributed by atoms with Gasteiger partial charge in [-0.2, -0.15) is 0 Å². The summed E-state index contributed by atoms with van der Waals surface area (Å²) in [6, 6.07) is 7.24. The van der Waals surface area contributed by atoms with Crippen LogP contribution >= 0.6 is 11.3 Å². The number of carbonyl (C=O) groups is 1. The molecule has 0 aliphatic heterocycles. The first-order chi connectivity index (χ1) is 9.83. The molecule has 1 heterocycles. The fourth-order valence-electron chi connectivity index (χ4n) is 1.69. The van der Waals surface area contributed by atoms with Crippen molar-refractivity contribution in [1.82, 2.24) is 0 Å². The number of rotatable bonds is 5. The van der Waals surface area contributed by atoms with E-state index in [0.717, 1.165) is 16.2 Å². The average Bonchev–Trinajstić information content (AvgIpc) is 2.85. The summed E-state index contributed by atoms with van der Waals surface area (Å²) in [6.45, 7) is 1.81. The Morgan fingerprint density at radius 3 is 2.52 bits per heavy atom. The molecule has 2 rings (SSSR count). The van der Waals surface area contributed by atoms with Crippen molar-refractivity contribution >= 4 is 33.0 Å². The van der Waals surface area contributed by atoms with E-state index in [1.165, 1.54) is 31.4 Å². The van der Waals surface area contributed by atoms with E-state index in [1.807, 2.05) is 6.92 Å². The summed E-state index contributed by atoms with van der Waals surface area (Å²) in [5.74, 6) is -1.06. The zero-order valence-corrected chi connectivity index (χ0v) is 12.9. The molecule has 0 amide bonds. The molecule has 0 unspecified atom stereocenters. The van der Waals surface area contributed by atoms with Gasteiger partial charge in [-0.05, 0) is 31.2 Å². The molecule has 21 heavy (non-hydrogen) atoms. The van der Waals surface area contributed by atoms with E-state index >= 15 is 0 Å². The minimum Gasteiger partial charge on any atom is -0.496 e. The lowest BCUT2D eigenvalue weighted by Crippen LogP contribution is -2.12. The third-order valence-electron chi connectivity index (χ3n) is 2.66. The van der Waals surface area contributed by atoms with Crippen LogP contribution in [0.15, 0.2) is 34.5 Å². The summed E-state index contributed by atoms with van der Waals surface area (Å²) < 4.78 is 31.9. The molecule has 0 saturated carbocycles. The van der Waals surface area contributed by atoms with Crippen molar-refractivity contribution in [3.8, 4) is 5.75 Å². The Morgan fingerprint density at radius 1 is 1.29 bits per heavy atom. The third-order valence-corrected chi connectivity index (χ3v) is 5.54. The molecule has 6 nitrogen and oxygen atoms in total. The second kappa shape index (κ2) is 5.74. The Bertz CT molecular complexity index is 780. The number of hydrogen-bond acceptors (Lipinski definition) is 5. The third kappa shape index (κ3) is 3.34. The van der Waals surface area contributed by atoms with Crippen LogP contribution in [0.4, 0.5) is 5.69 Å². The lowest BCUT2D eigenvalue weighted by atomic mass is 10.2. The summed E-state index contributed by atoms with van der Waals surface area (Å²) in [7, 11) is -2.36. The van der Waals surface area contributed by atoms with Crippen LogP contribution in [-0.4, -0.2) is 26.6 Å². The summed E-state index contributed by atoms with van der Waals surface area (Å²) in [6.07, 6.45) is 0. The maximum absolute atomic E-state index is 12.2. The molecule has 0 radical (unpaired) electrons. The summed E-state index contributed by atoms with van der Waals surface area (Å²) >= 11 is 1.16. The Balaban J connectivity index is 2.34. The van der Waals surface area contributed by atoms with Crippen molar-refractivity contribution in [2.75, 3.05) is 11.8 Å². The van der Waals surface area contributed by atoms with Crippen LogP contribution in [0.1, 0.15) is 15.2 Å². The lowest BCUT2D eigenvalue weighted by Gasteiger charge is -2.10. The molecule has 2 aromatic rings. The highest BCUT2D eigenvalue weighted by molar-refractivity contribution is 7.94. The van der Waals surface area contributed by atoms with Gasteiger partial charge in [0.1, 0.15) is 15.5 Å². The standard InChI is InChI=1S/C13H13NO5S2/c1-8-3-6-12(20-8)21(17,18)14-9-4-5-10(13(15)16)11(7-9)19-2/h3-7,14H,1-2H3,(H,15,16). The number of methoxy groups -OCH3 is 1. The number of ether oxygens (including phenoxy) is 1. The maximum Gasteiger partial charge on any atom is 0.339 e. The second-order valence-corrected chi connectivity index (χ2v) is 7.39. The summed E-state index contributed by atoms with van der Waals surface area (Å²) in [4.78, 5) is 11.9. The van der Waals surface area contributed by atoms with E-state index in [9.17, 15) is 13.2 Å². The van der Waals surface area contributed by atoms with E-state index in [2.05, 4.69) is 4.72 Å². The predicted octanol–water partition coefficient (Wildman–Crippen LogP) is 2.56. The van der Waals surface area contributed by atoms with Crippen LogP contribution in [-0.2, 0) is 10.0 Å². The molecule has 0 fully saturated rings. The van der Waals surface area contributed by atoms with Gasteiger partial charge in [0.2, 0.25) is 0 Å². The quantitative estimate of drug-likeness (QED) is 0.880. The molecule has 1 aromatic carbocycles. The molecule has 0 spiro atoms. The number of thiophene rings is 1. The molecule has 2 N–H and O–H groups in total. The largest absolute Gasteiger partial charge is 0.496 e. The number of nitrogens with one attached hydrogen (secondary N) is 1. The van der Waals surface area contributed by atoms with Gasteiger partial charge in [0.25, 0.3) is 10.0 Å². The molecule has 8 heteroatoms. The maximum atomic E-state index is 12.2. The zero-order valence-electron chi connectivity index (χ0n) is 11.3. The number of carboxylic acids is 1. The number of anilines is 1. The van der Waals surface area contributed by atoms with Crippen molar-refractivity contribution in [2.45, 2.75) is 11.1 Å². The van der Waals surface area contributed by atoms with Crippen LogP contribution in [0, 0.1) is 6.92 Å². The monoisotopic (exact) mass is 327 g/mol. The molecule has 0 aliphatic rings. The Morgan fingerprint density at radius 2 is 2.00 bits per heavy atom. The van der Waals surface area contributed by atoms with Gasteiger partial charge in [0, 0.05) is 10.9 Å². The van der Waals surface area contributed by atoms with Crippen molar-refractivity contribution in [3.05, 3.63) is 40.8 Å². The number of benzene rings is 1. The van der Waals surface area contributed by atoms with Gasteiger partial charge in [0.15, 0.2) is 0 Å². The minimum atomic E-state index is -3.69. The van der Waals surface area contributed by atoms with E-state index < -0.39 is 16.0 Å².